The first-order valence-corrected chi connectivity index (χ1v) is 6.50. The maximum absolute atomic E-state index is 12.7. The van der Waals surface area contributed by atoms with Gasteiger partial charge in [-0.3, -0.25) is 4.79 Å². The third-order valence-electron chi connectivity index (χ3n) is 3.20. The third-order valence-corrected chi connectivity index (χ3v) is 3.20. The number of aromatic hydroxyl groups is 1. The lowest BCUT2D eigenvalue weighted by molar-refractivity contribution is -0.138. The predicted molar refractivity (Wildman–Crippen MR) is 77.2 cm³/mol. The predicted octanol–water partition coefficient (Wildman–Crippen LogP) is 3.54. The van der Waals surface area contributed by atoms with E-state index in [4.69, 9.17) is 0 Å². The number of nitrogens with zero attached hydrogens (tertiary/aromatic N) is 1. The Kier molecular flexibility index (Phi) is 3.44. The average Bonchev–Trinajstić information content (AvgIpc) is 2.92. The fourth-order valence-corrected chi connectivity index (χ4v) is 2.12. The molecule has 0 unspecified atom stereocenters. The molecule has 3 N–H and O–H groups in total. The summed E-state index contributed by atoms with van der Waals surface area (Å²) >= 11 is 0. The van der Waals surface area contributed by atoms with Crippen LogP contribution in [-0.2, 0) is 6.18 Å². The Labute approximate surface area is 127 Å². The van der Waals surface area contributed by atoms with Gasteiger partial charge >= 0.3 is 6.18 Å². The summed E-state index contributed by atoms with van der Waals surface area (Å²) in [6.07, 6.45) is -3.16. The zero-order chi connectivity index (χ0) is 16.6. The number of benzene rings is 1. The van der Waals surface area contributed by atoms with E-state index in [1.807, 2.05) is 0 Å². The van der Waals surface area contributed by atoms with Gasteiger partial charge in [-0.1, -0.05) is 0 Å². The molecule has 0 aliphatic carbocycles. The van der Waals surface area contributed by atoms with E-state index in [9.17, 15) is 23.1 Å². The van der Waals surface area contributed by atoms with Crippen molar-refractivity contribution in [2.45, 2.75) is 6.18 Å². The molecule has 1 aromatic carbocycles. The SMILES string of the molecule is O=C(Nc1ccc(O)c(C(F)(F)F)c1)c1cc2cccnc2[nH]1. The van der Waals surface area contributed by atoms with Crippen LogP contribution in [-0.4, -0.2) is 21.0 Å². The van der Waals surface area contributed by atoms with Crippen LogP contribution in [0, 0.1) is 0 Å². The number of carbonyl (C=O) groups excluding carboxylic acids is 1. The molecule has 2 aromatic heterocycles. The van der Waals surface area contributed by atoms with Gasteiger partial charge in [-0.2, -0.15) is 13.2 Å². The van der Waals surface area contributed by atoms with Crippen molar-refractivity contribution in [3.05, 3.63) is 53.9 Å². The summed E-state index contributed by atoms with van der Waals surface area (Å²) in [5.41, 5.74) is -0.625. The number of aromatic nitrogens is 2. The monoisotopic (exact) mass is 321 g/mol. The molecular weight excluding hydrogens is 311 g/mol. The van der Waals surface area contributed by atoms with Crippen molar-refractivity contribution in [2.75, 3.05) is 5.32 Å². The van der Waals surface area contributed by atoms with Gasteiger partial charge in [0.25, 0.3) is 5.91 Å². The Morgan fingerprint density at radius 2 is 2.00 bits per heavy atom. The molecule has 0 atom stereocenters. The molecule has 3 rings (SSSR count). The summed E-state index contributed by atoms with van der Waals surface area (Å²) < 4.78 is 38.2. The summed E-state index contributed by atoms with van der Waals surface area (Å²) in [5, 5.41) is 12.3. The first-order valence-electron chi connectivity index (χ1n) is 6.50. The second kappa shape index (κ2) is 5.31. The number of hydrogen-bond acceptors (Lipinski definition) is 3. The van der Waals surface area contributed by atoms with Gasteiger partial charge < -0.3 is 15.4 Å². The second-order valence-corrected chi connectivity index (χ2v) is 4.81. The number of phenolic OH excluding ortho intramolecular Hbond substituents is 1. The molecule has 0 bridgehead atoms. The molecular formula is C15H10F3N3O2. The normalized spacial score (nSPS) is 11.6. The van der Waals surface area contributed by atoms with Gasteiger partial charge in [0.15, 0.2) is 0 Å². The minimum Gasteiger partial charge on any atom is -0.507 e. The minimum absolute atomic E-state index is 0.0771. The van der Waals surface area contributed by atoms with Crippen molar-refractivity contribution >= 4 is 22.6 Å². The van der Waals surface area contributed by atoms with Gasteiger partial charge in [0.05, 0.1) is 5.56 Å². The summed E-state index contributed by atoms with van der Waals surface area (Å²) in [5.74, 6) is -1.51. The zero-order valence-corrected chi connectivity index (χ0v) is 11.5. The zero-order valence-electron chi connectivity index (χ0n) is 11.5. The van der Waals surface area contributed by atoms with Crippen LogP contribution in [0.5, 0.6) is 5.75 Å². The minimum atomic E-state index is -4.71. The van der Waals surface area contributed by atoms with Crippen molar-refractivity contribution in [3.63, 3.8) is 0 Å². The van der Waals surface area contributed by atoms with Crippen LogP contribution >= 0.6 is 0 Å². The van der Waals surface area contributed by atoms with Crippen molar-refractivity contribution in [1.29, 1.82) is 0 Å². The summed E-state index contributed by atoms with van der Waals surface area (Å²) in [7, 11) is 0. The molecule has 0 saturated heterocycles. The number of aromatic amines is 1. The van der Waals surface area contributed by atoms with Crippen LogP contribution in [0.15, 0.2) is 42.6 Å². The maximum Gasteiger partial charge on any atom is 0.420 e. The number of rotatable bonds is 2. The van der Waals surface area contributed by atoms with E-state index in [2.05, 4.69) is 15.3 Å². The molecule has 0 fully saturated rings. The quantitative estimate of drug-likeness (QED) is 0.632. The first kappa shape index (κ1) is 14.9. The number of fused-ring (bicyclic) bond motifs is 1. The Bertz CT molecular complexity index is 854. The first-order chi connectivity index (χ1) is 10.8. The van der Waals surface area contributed by atoms with Crippen molar-refractivity contribution < 1.29 is 23.1 Å². The van der Waals surface area contributed by atoms with Gasteiger partial charge in [-0.15, -0.1) is 0 Å². The standard InChI is InChI=1S/C15H10F3N3O2/c16-15(17,18)10-7-9(3-4-12(10)22)20-14(23)11-6-8-2-1-5-19-13(8)21-11/h1-7,22H,(H,19,21)(H,20,23). The molecule has 5 nitrogen and oxygen atoms in total. The summed E-state index contributed by atoms with van der Waals surface area (Å²) in [6, 6.07) is 7.73. The number of pyridine rings is 1. The molecule has 0 aliphatic rings. The van der Waals surface area contributed by atoms with Crippen molar-refractivity contribution in [3.8, 4) is 5.75 Å². The van der Waals surface area contributed by atoms with E-state index >= 15 is 0 Å². The lowest BCUT2D eigenvalue weighted by Crippen LogP contribution is -2.13. The lowest BCUT2D eigenvalue weighted by Gasteiger charge is -2.11. The van der Waals surface area contributed by atoms with Crippen LogP contribution in [0.4, 0.5) is 18.9 Å². The van der Waals surface area contributed by atoms with Crippen LogP contribution in [0.3, 0.4) is 0 Å². The molecule has 3 aromatic rings. The third kappa shape index (κ3) is 2.96. The summed E-state index contributed by atoms with van der Waals surface area (Å²) in [6.45, 7) is 0. The van der Waals surface area contributed by atoms with E-state index in [-0.39, 0.29) is 11.4 Å². The molecule has 0 saturated carbocycles. The fourth-order valence-electron chi connectivity index (χ4n) is 2.12. The highest BCUT2D eigenvalue weighted by atomic mass is 19.4. The van der Waals surface area contributed by atoms with Crippen molar-refractivity contribution in [2.24, 2.45) is 0 Å². The Hall–Kier alpha value is -3.03. The average molecular weight is 321 g/mol. The summed E-state index contributed by atoms with van der Waals surface area (Å²) in [4.78, 5) is 18.9. The molecule has 2 heterocycles. The molecule has 118 valence electrons. The van der Waals surface area contributed by atoms with Gasteiger partial charge in [-0.05, 0) is 36.4 Å². The lowest BCUT2D eigenvalue weighted by atomic mass is 10.1. The molecule has 0 radical (unpaired) electrons. The fraction of sp³-hybridized carbons (Fsp3) is 0.0667. The number of anilines is 1. The highest BCUT2D eigenvalue weighted by molar-refractivity contribution is 6.05. The molecule has 8 heteroatoms. The van der Waals surface area contributed by atoms with Crippen LogP contribution in [0.25, 0.3) is 11.0 Å². The van der Waals surface area contributed by atoms with Crippen molar-refractivity contribution in [1.82, 2.24) is 9.97 Å². The molecule has 0 aliphatic heterocycles. The second-order valence-electron chi connectivity index (χ2n) is 4.81. The number of H-pyrrole nitrogens is 1. The highest BCUT2D eigenvalue weighted by Crippen LogP contribution is 2.37. The number of carbonyl (C=O) groups is 1. The Morgan fingerprint density at radius 3 is 2.70 bits per heavy atom. The number of phenols is 1. The van der Waals surface area contributed by atoms with Gasteiger partial charge in [0.2, 0.25) is 0 Å². The van der Waals surface area contributed by atoms with Crippen LogP contribution < -0.4 is 5.32 Å². The van der Waals surface area contributed by atoms with Gasteiger partial charge in [0.1, 0.15) is 17.1 Å². The number of halogens is 3. The molecule has 1 amide bonds. The molecule has 23 heavy (non-hydrogen) atoms. The smallest absolute Gasteiger partial charge is 0.420 e. The van der Waals surface area contributed by atoms with Gasteiger partial charge in [-0.25, -0.2) is 4.98 Å². The van der Waals surface area contributed by atoms with Crippen LogP contribution in [0.1, 0.15) is 16.1 Å². The van der Waals surface area contributed by atoms with E-state index in [0.717, 1.165) is 6.07 Å². The molecule has 0 spiro atoms. The topological polar surface area (TPSA) is 78.0 Å². The van der Waals surface area contributed by atoms with E-state index < -0.39 is 23.4 Å². The Morgan fingerprint density at radius 1 is 1.22 bits per heavy atom. The van der Waals surface area contributed by atoms with E-state index in [1.165, 1.54) is 6.07 Å². The number of hydrogen-bond donors (Lipinski definition) is 3. The van der Waals surface area contributed by atoms with E-state index in [0.29, 0.717) is 17.1 Å². The van der Waals surface area contributed by atoms with Crippen LogP contribution in [0.2, 0.25) is 0 Å². The number of nitrogens with one attached hydrogen (secondary N) is 2. The largest absolute Gasteiger partial charge is 0.507 e. The maximum atomic E-state index is 12.7. The Balaban J connectivity index is 1.88. The highest BCUT2D eigenvalue weighted by Gasteiger charge is 2.34. The van der Waals surface area contributed by atoms with Gasteiger partial charge in [0, 0.05) is 17.3 Å². The number of amides is 1. The van der Waals surface area contributed by atoms with E-state index in [1.54, 1.807) is 24.4 Å². The number of alkyl halides is 3.